The lowest BCUT2D eigenvalue weighted by molar-refractivity contribution is 0.0945. The Morgan fingerprint density at radius 3 is 2.87 bits per heavy atom. The van der Waals surface area contributed by atoms with Crippen LogP contribution in [0.25, 0.3) is 0 Å². The highest BCUT2D eigenvalue weighted by atomic mass is 79.9. The number of hydrogen-bond donors (Lipinski definition) is 2. The van der Waals surface area contributed by atoms with Gasteiger partial charge in [-0.15, -0.1) is 0 Å². The molecule has 1 aliphatic heterocycles. The Morgan fingerprint density at radius 2 is 2.27 bits per heavy atom. The van der Waals surface area contributed by atoms with Crippen molar-refractivity contribution < 1.29 is 9.21 Å². The largest absolute Gasteiger partial charge is 0.457 e. The second kappa shape index (κ2) is 3.35. The van der Waals surface area contributed by atoms with Crippen LogP contribution in [0.2, 0.25) is 0 Å². The molecule has 80 valence electrons. The quantitative estimate of drug-likeness (QED) is 0.843. The fourth-order valence-electron chi connectivity index (χ4n) is 2.32. The standard InChI is InChI=1S/C10H11BrN2O2/c11-9-5(1-2-15-9)10(14)13-8-6-3-12-4-7(6)8/h1-2,6-8,12H,3-4H2,(H,13,14). The third kappa shape index (κ3) is 1.50. The van der Waals surface area contributed by atoms with Gasteiger partial charge in [-0.1, -0.05) is 0 Å². The van der Waals surface area contributed by atoms with E-state index in [4.69, 9.17) is 4.42 Å². The summed E-state index contributed by atoms with van der Waals surface area (Å²) in [5.74, 6) is 1.23. The predicted molar refractivity (Wildman–Crippen MR) is 57.5 cm³/mol. The van der Waals surface area contributed by atoms with Crippen LogP contribution in [0, 0.1) is 11.8 Å². The van der Waals surface area contributed by atoms with Gasteiger partial charge >= 0.3 is 0 Å². The Kier molecular flexibility index (Phi) is 2.10. The maximum atomic E-state index is 11.8. The molecule has 2 heterocycles. The van der Waals surface area contributed by atoms with Crippen molar-refractivity contribution in [2.45, 2.75) is 6.04 Å². The fraction of sp³-hybridized carbons (Fsp3) is 0.500. The summed E-state index contributed by atoms with van der Waals surface area (Å²) in [6.45, 7) is 2.06. The zero-order chi connectivity index (χ0) is 10.4. The van der Waals surface area contributed by atoms with Crippen LogP contribution in [0.5, 0.6) is 0 Å². The van der Waals surface area contributed by atoms with Gasteiger partial charge in [0.1, 0.15) is 0 Å². The van der Waals surface area contributed by atoms with Crippen LogP contribution in [0.1, 0.15) is 10.4 Å². The smallest absolute Gasteiger partial charge is 0.255 e. The number of halogens is 1. The molecule has 15 heavy (non-hydrogen) atoms. The van der Waals surface area contributed by atoms with Crippen molar-refractivity contribution in [1.82, 2.24) is 10.6 Å². The zero-order valence-corrected chi connectivity index (χ0v) is 9.58. The molecule has 2 fully saturated rings. The van der Waals surface area contributed by atoms with Crippen molar-refractivity contribution >= 4 is 21.8 Å². The number of carbonyl (C=O) groups is 1. The van der Waals surface area contributed by atoms with E-state index in [2.05, 4.69) is 26.6 Å². The number of nitrogens with one attached hydrogen (secondary N) is 2. The molecule has 1 aromatic rings. The lowest BCUT2D eigenvalue weighted by atomic mass is 10.3. The number of furan rings is 1. The Morgan fingerprint density at radius 1 is 1.53 bits per heavy atom. The molecule has 1 saturated carbocycles. The van der Waals surface area contributed by atoms with Gasteiger partial charge in [0.25, 0.3) is 5.91 Å². The molecule has 4 nitrogen and oxygen atoms in total. The summed E-state index contributed by atoms with van der Waals surface area (Å²) in [6, 6.07) is 2.04. The van der Waals surface area contributed by atoms with Gasteiger partial charge < -0.3 is 15.1 Å². The van der Waals surface area contributed by atoms with E-state index in [1.54, 1.807) is 6.07 Å². The van der Waals surface area contributed by atoms with Crippen LogP contribution in [0.4, 0.5) is 0 Å². The van der Waals surface area contributed by atoms with Crippen LogP contribution >= 0.6 is 15.9 Å². The maximum absolute atomic E-state index is 11.8. The van der Waals surface area contributed by atoms with E-state index in [1.165, 1.54) is 6.26 Å². The molecule has 1 aromatic heterocycles. The van der Waals surface area contributed by atoms with E-state index in [0.717, 1.165) is 13.1 Å². The fourth-order valence-corrected chi connectivity index (χ4v) is 2.74. The van der Waals surface area contributed by atoms with Crippen LogP contribution in [-0.4, -0.2) is 25.0 Å². The highest BCUT2D eigenvalue weighted by molar-refractivity contribution is 9.10. The predicted octanol–water partition coefficient (Wildman–Crippen LogP) is 0.990. The van der Waals surface area contributed by atoms with Crippen molar-refractivity contribution in [3.63, 3.8) is 0 Å². The summed E-state index contributed by atoms with van der Waals surface area (Å²) in [5, 5.41) is 6.32. The lowest BCUT2D eigenvalue weighted by Gasteiger charge is -2.06. The van der Waals surface area contributed by atoms with Crippen LogP contribution in [0.3, 0.4) is 0 Å². The SMILES string of the molecule is O=C(NC1C2CNCC21)c1ccoc1Br. The van der Waals surface area contributed by atoms with Gasteiger partial charge in [0.15, 0.2) is 4.67 Å². The summed E-state index contributed by atoms with van der Waals surface area (Å²) in [6.07, 6.45) is 1.51. The molecule has 3 rings (SSSR count). The molecule has 2 atom stereocenters. The van der Waals surface area contributed by atoms with Crippen molar-refractivity contribution in [3.8, 4) is 0 Å². The van der Waals surface area contributed by atoms with Crippen molar-refractivity contribution in [2.24, 2.45) is 11.8 Å². The first-order valence-corrected chi connectivity index (χ1v) is 5.81. The van der Waals surface area contributed by atoms with E-state index >= 15 is 0 Å². The second-order valence-corrected chi connectivity index (χ2v) is 4.81. The van der Waals surface area contributed by atoms with Crippen molar-refractivity contribution in [2.75, 3.05) is 13.1 Å². The minimum Gasteiger partial charge on any atom is -0.457 e. The summed E-state index contributed by atoms with van der Waals surface area (Å²) in [4.78, 5) is 11.8. The first kappa shape index (κ1) is 9.42. The number of carbonyl (C=O) groups excluding carboxylic acids is 1. The number of amides is 1. The minimum absolute atomic E-state index is 0.0463. The molecule has 1 amide bonds. The highest BCUT2D eigenvalue weighted by Crippen LogP contribution is 2.41. The minimum atomic E-state index is -0.0463. The van der Waals surface area contributed by atoms with E-state index in [1.807, 2.05) is 0 Å². The monoisotopic (exact) mass is 270 g/mol. The Hall–Kier alpha value is -0.810. The molecular formula is C10H11BrN2O2. The van der Waals surface area contributed by atoms with E-state index < -0.39 is 0 Å². The van der Waals surface area contributed by atoms with Gasteiger partial charge in [0.05, 0.1) is 11.8 Å². The summed E-state index contributed by atoms with van der Waals surface area (Å²) < 4.78 is 5.53. The van der Waals surface area contributed by atoms with Gasteiger partial charge in [-0.05, 0) is 33.8 Å². The summed E-state index contributed by atoms with van der Waals surface area (Å²) >= 11 is 3.20. The van der Waals surface area contributed by atoms with Crippen LogP contribution < -0.4 is 10.6 Å². The third-order valence-corrected chi connectivity index (χ3v) is 3.87. The van der Waals surface area contributed by atoms with Gasteiger partial charge in [0.2, 0.25) is 0 Å². The maximum Gasteiger partial charge on any atom is 0.255 e. The van der Waals surface area contributed by atoms with Gasteiger partial charge in [0, 0.05) is 19.1 Å². The number of hydrogen-bond acceptors (Lipinski definition) is 3. The Balaban J connectivity index is 1.65. The molecule has 0 radical (unpaired) electrons. The summed E-state index contributed by atoms with van der Waals surface area (Å²) in [5.41, 5.74) is 0.577. The average Bonchev–Trinajstić information content (AvgIpc) is 2.66. The number of piperidine rings is 1. The lowest BCUT2D eigenvalue weighted by Crippen LogP contribution is -2.32. The molecule has 2 aliphatic rings. The molecule has 1 aliphatic carbocycles. The molecule has 1 saturated heterocycles. The molecule has 0 bridgehead atoms. The second-order valence-electron chi connectivity index (χ2n) is 4.09. The Bertz CT molecular complexity index is 394. The Labute approximate surface area is 95.5 Å². The van der Waals surface area contributed by atoms with E-state index in [9.17, 15) is 4.79 Å². The zero-order valence-electron chi connectivity index (χ0n) is 8.00. The van der Waals surface area contributed by atoms with Crippen molar-refractivity contribution in [1.29, 1.82) is 0 Å². The van der Waals surface area contributed by atoms with Crippen LogP contribution in [0.15, 0.2) is 21.4 Å². The molecule has 2 unspecified atom stereocenters. The first-order chi connectivity index (χ1) is 7.27. The normalized spacial score (nSPS) is 32.5. The van der Waals surface area contributed by atoms with E-state index in [0.29, 0.717) is 28.1 Å². The number of rotatable bonds is 2. The molecule has 2 N–H and O–H groups in total. The van der Waals surface area contributed by atoms with Crippen molar-refractivity contribution in [3.05, 3.63) is 22.6 Å². The topological polar surface area (TPSA) is 54.3 Å². The van der Waals surface area contributed by atoms with E-state index in [-0.39, 0.29) is 5.91 Å². The third-order valence-electron chi connectivity index (χ3n) is 3.25. The average molecular weight is 271 g/mol. The first-order valence-electron chi connectivity index (χ1n) is 5.02. The number of fused-ring (bicyclic) bond motifs is 1. The van der Waals surface area contributed by atoms with Gasteiger partial charge in [-0.25, -0.2) is 0 Å². The molecule has 5 heteroatoms. The molecule has 0 aromatic carbocycles. The highest BCUT2D eigenvalue weighted by Gasteiger charge is 2.53. The molecular weight excluding hydrogens is 260 g/mol. The molecule has 0 spiro atoms. The van der Waals surface area contributed by atoms with Gasteiger partial charge in [-0.3, -0.25) is 4.79 Å². The summed E-state index contributed by atoms with van der Waals surface area (Å²) in [7, 11) is 0. The van der Waals surface area contributed by atoms with Crippen LogP contribution in [-0.2, 0) is 0 Å². The van der Waals surface area contributed by atoms with Gasteiger partial charge in [-0.2, -0.15) is 0 Å².